The highest BCUT2D eigenvalue weighted by atomic mass is 16.3. The van der Waals surface area contributed by atoms with Gasteiger partial charge >= 0.3 is 0 Å². The van der Waals surface area contributed by atoms with Crippen molar-refractivity contribution >= 4 is 64.6 Å². The Balaban J connectivity index is 1.14. The van der Waals surface area contributed by atoms with Crippen LogP contribution in [0.4, 0.5) is 0 Å². The van der Waals surface area contributed by atoms with E-state index in [1.807, 2.05) is 24.3 Å². The van der Waals surface area contributed by atoms with Gasteiger partial charge in [-0.2, -0.15) is 0 Å². The van der Waals surface area contributed by atoms with Gasteiger partial charge < -0.3 is 10.2 Å². The molecule has 15 rings (SSSR count). The molecule has 80 heavy (non-hydrogen) atoms. The molecule has 15 aromatic rings. The number of phenols is 2. The van der Waals surface area contributed by atoms with Gasteiger partial charge in [-0.15, -0.1) is 0 Å². The average molecular weight is 1020 g/mol. The third-order valence-corrected chi connectivity index (χ3v) is 16.4. The average Bonchev–Trinajstić information content (AvgIpc) is 3.55. The van der Waals surface area contributed by atoms with Crippen LogP contribution in [0.25, 0.3) is 154 Å². The van der Waals surface area contributed by atoms with E-state index in [9.17, 15) is 10.2 Å². The standard InChI is InChI=1S/C78H50O2/c79-57-45-41-55(42-46-57)73-69(67(49-21-5-1-6-22-49)71(51-25-9-3-10-26-51)75-63-33-17-13-29-59(63)61-31-15-19-35-65(61)77(73)75)53-37-39-54(40-38-53)70-68(50-23-7-2-8-24-50)72(52-27-11-4-12-28-52)76-64-34-18-14-30-60(64)62-32-16-20-36-66(62)78(76)74(70)56-43-47-58(80)48-44-56/h1-48,79-80H. The maximum atomic E-state index is 11.0. The minimum atomic E-state index is 0.216. The minimum Gasteiger partial charge on any atom is -0.508 e. The van der Waals surface area contributed by atoms with Crippen LogP contribution in [-0.2, 0) is 0 Å². The molecular weight excluding hydrogens is 969 g/mol. The van der Waals surface area contributed by atoms with Crippen molar-refractivity contribution in [3.63, 3.8) is 0 Å². The lowest BCUT2D eigenvalue weighted by atomic mass is 9.75. The van der Waals surface area contributed by atoms with Gasteiger partial charge in [-0.1, -0.05) is 267 Å². The first kappa shape index (κ1) is 46.7. The van der Waals surface area contributed by atoms with Crippen LogP contribution in [0.1, 0.15) is 0 Å². The van der Waals surface area contributed by atoms with Crippen LogP contribution in [0.2, 0.25) is 0 Å². The molecule has 15 aromatic carbocycles. The molecule has 0 atom stereocenters. The number of fused-ring (bicyclic) bond motifs is 12. The fourth-order valence-electron chi connectivity index (χ4n) is 13.1. The van der Waals surface area contributed by atoms with E-state index in [1.165, 1.54) is 43.1 Å². The molecule has 0 fully saturated rings. The van der Waals surface area contributed by atoms with Crippen molar-refractivity contribution in [2.24, 2.45) is 0 Å². The zero-order chi connectivity index (χ0) is 53.3. The highest BCUT2D eigenvalue weighted by Crippen LogP contribution is 2.57. The van der Waals surface area contributed by atoms with Gasteiger partial charge in [0, 0.05) is 0 Å². The molecule has 0 amide bonds. The lowest BCUT2D eigenvalue weighted by molar-refractivity contribution is 0.475. The molecule has 0 radical (unpaired) electrons. The predicted octanol–water partition coefficient (Wildman–Crippen LogP) is 21.4. The number of hydrogen-bond donors (Lipinski definition) is 2. The van der Waals surface area contributed by atoms with Crippen molar-refractivity contribution in [2.45, 2.75) is 0 Å². The molecule has 0 spiro atoms. The lowest BCUT2D eigenvalue weighted by Crippen LogP contribution is -2.00. The molecule has 0 unspecified atom stereocenters. The summed E-state index contributed by atoms with van der Waals surface area (Å²) in [5.74, 6) is 0.432. The molecule has 2 heteroatoms. The predicted molar refractivity (Wildman–Crippen MR) is 338 cm³/mol. The van der Waals surface area contributed by atoms with Crippen LogP contribution in [-0.4, -0.2) is 10.2 Å². The summed E-state index contributed by atoms with van der Waals surface area (Å²) in [6.45, 7) is 0. The van der Waals surface area contributed by atoms with Crippen LogP contribution >= 0.6 is 0 Å². The van der Waals surface area contributed by atoms with Crippen molar-refractivity contribution in [1.82, 2.24) is 0 Å². The molecule has 0 aliphatic heterocycles. The van der Waals surface area contributed by atoms with Gasteiger partial charge in [-0.25, -0.2) is 0 Å². The van der Waals surface area contributed by atoms with E-state index >= 15 is 0 Å². The van der Waals surface area contributed by atoms with E-state index in [2.05, 4.69) is 267 Å². The minimum absolute atomic E-state index is 0.216. The van der Waals surface area contributed by atoms with Crippen molar-refractivity contribution < 1.29 is 10.2 Å². The molecule has 374 valence electrons. The van der Waals surface area contributed by atoms with Gasteiger partial charge in [0.15, 0.2) is 0 Å². The van der Waals surface area contributed by atoms with Gasteiger partial charge in [0.2, 0.25) is 0 Å². The zero-order valence-corrected chi connectivity index (χ0v) is 43.6. The number of aromatic hydroxyl groups is 2. The second kappa shape index (κ2) is 19.2. The molecule has 2 N–H and O–H groups in total. The van der Waals surface area contributed by atoms with Crippen molar-refractivity contribution in [3.05, 3.63) is 291 Å². The Morgan fingerprint density at radius 2 is 0.300 bits per heavy atom. The molecule has 0 heterocycles. The van der Waals surface area contributed by atoms with Gasteiger partial charge in [-0.05, 0) is 178 Å². The monoisotopic (exact) mass is 1020 g/mol. The van der Waals surface area contributed by atoms with Crippen LogP contribution in [0.5, 0.6) is 11.5 Å². The third kappa shape index (κ3) is 7.49. The van der Waals surface area contributed by atoms with Crippen molar-refractivity contribution in [1.29, 1.82) is 0 Å². The SMILES string of the molecule is Oc1ccc(-c2c(-c3ccc(-c4c(-c5ccccc5)c(-c5ccccc5)c5c6ccccc6c6ccccc6c5c4-c4ccc(O)cc4)cc3)c(-c3ccccc3)c(-c3ccccc3)c3c4ccccc4c4ccccc4c23)cc1. The summed E-state index contributed by atoms with van der Waals surface area (Å²) in [5, 5.41) is 36.1. The number of phenolic OH excluding ortho intramolecular Hbond substituents is 2. The maximum absolute atomic E-state index is 11.0. The van der Waals surface area contributed by atoms with Crippen molar-refractivity contribution in [3.8, 4) is 101 Å². The number of benzene rings is 15. The van der Waals surface area contributed by atoms with Crippen molar-refractivity contribution in [2.75, 3.05) is 0 Å². The Hall–Kier alpha value is -10.5. The molecule has 0 bridgehead atoms. The molecule has 0 saturated heterocycles. The fraction of sp³-hybridized carbons (Fsp3) is 0. The van der Waals surface area contributed by atoms with Gasteiger partial charge in [0.25, 0.3) is 0 Å². The molecule has 2 nitrogen and oxygen atoms in total. The highest BCUT2D eigenvalue weighted by Gasteiger charge is 2.30. The van der Waals surface area contributed by atoms with Gasteiger partial charge in [0.1, 0.15) is 11.5 Å². The molecule has 0 aliphatic carbocycles. The Morgan fingerprint density at radius 3 is 0.537 bits per heavy atom. The van der Waals surface area contributed by atoms with E-state index in [1.54, 1.807) is 0 Å². The number of rotatable bonds is 8. The fourth-order valence-corrected chi connectivity index (χ4v) is 13.1. The highest BCUT2D eigenvalue weighted by molar-refractivity contribution is 6.37. The topological polar surface area (TPSA) is 40.5 Å². The summed E-state index contributed by atoms with van der Waals surface area (Å²) in [4.78, 5) is 0. The molecular formula is C78H50O2. The Morgan fingerprint density at radius 1 is 0.138 bits per heavy atom. The van der Waals surface area contributed by atoms with E-state index in [0.717, 1.165) is 111 Å². The quantitative estimate of drug-likeness (QED) is 0.149. The lowest BCUT2D eigenvalue weighted by Gasteiger charge is -2.27. The normalized spacial score (nSPS) is 11.6. The Labute approximate surface area is 464 Å². The van der Waals surface area contributed by atoms with Crippen LogP contribution < -0.4 is 0 Å². The Bertz CT molecular complexity index is 4560. The van der Waals surface area contributed by atoms with E-state index < -0.39 is 0 Å². The summed E-state index contributed by atoms with van der Waals surface area (Å²) in [6, 6.07) is 104. The smallest absolute Gasteiger partial charge is 0.115 e. The second-order valence-corrected chi connectivity index (χ2v) is 20.8. The summed E-state index contributed by atoms with van der Waals surface area (Å²) in [5.41, 5.74) is 17.6. The van der Waals surface area contributed by atoms with Crippen LogP contribution in [0.3, 0.4) is 0 Å². The van der Waals surface area contributed by atoms with E-state index in [-0.39, 0.29) is 11.5 Å². The molecule has 0 aliphatic rings. The second-order valence-electron chi connectivity index (χ2n) is 20.8. The largest absolute Gasteiger partial charge is 0.508 e. The van der Waals surface area contributed by atoms with Gasteiger partial charge in [-0.3, -0.25) is 0 Å². The summed E-state index contributed by atoms with van der Waals surface area (Å²) < 4.78 is 0. The summed E-state index contributed by atoms with van der Waals surface area (Å²) >= 11 is 0. The van der Waals surface area contributed by atoms with E-state index in [0.29, 0.717) is 0 Å². The first-order valence-corrected chi connectivity index (χ1v) is 27.4. The first-order chi connectivity index (χ1) is 39.6. The third-order valence-electron chi connectivity index (χ3n) is 16.4. The van der Waals surface area contributed by atoms with Crippen LogP contribution in [0, 0.1) is 0 Å². The molecule has 0 saturated carbocycles. The summed E-state index contributed by atoms with van der Waals surface area (Å²) in [6.07, 6.45) is 0. The molecule has 0 aromatic heterocycles. The Kier molecular flexibility index (Phi) is 11.2. The van der Waals surface area contributed by atoms with Crippen LogP contribution in [0.15, 0.2) is 291 Å². The number of hydrogen-bond acceptors (Lipinski definition) is 2. The first-order valence-electron chi connectivity index (χ1n) is 27.4. The van der Waals surface area contributed by atoms with Gasteiger partial charge in [0.05, 0.1) is 0 Å². The maximum Gasteiger partial charge on any atom is 0.115 e. The zero-order valence-electron chi connectivity index (χ0n) is 43.6. The summed E-state index contributed by atoms with van der Waals surface area (Å²) in [7, 11) is 0. The van der Waals surface area contributed by atoms with E-state index in [4.69, 9.17) is 0 Å².